The molecule has 0 bridgehead atoms. The first-order chi connectivity index (χ1) is 8.37. The molecule has 5 nitrogen and oxygen atoms in total. The van der Waals surface area contributed by atoms with Crippen LogP contribution in [0.15, 0.2) is 0 Å². The van der Waals surface area contributed by atoms with Gasteiger partial charge in [0.15, 0.2) is 4.77 Å². The van der Waals surface area contributed by atoms with E-state index in [4.69, 9.17) is 12.2 Å². The Morgan fingerprint density at radius 1 is 1.28 bits per heavy atom. The van der Waals surface area contributed by atoms with Gasteiger partial charge in [-0.15, -0.1) is 5.10 Å². The lowest BCUT2D eigenvalue weighted by Gasteiger charge is -2.35. The van der Waals surface area contributed by atoms with Gasteiger partial charge < -0.3 is 4.90 Å². The minimum Gasteiger partial charge on any atom is -0.338 e. The van der Waals surface area contributed by atoms with Crippen LogP contribution in [0.5, 0.6) is 0 Å². The summed E-state index contributed by atoms with van der Waals surface area (Å²) in [5, 5.41) is 6.73. The fraction of sp³-hybridized carbons (Fsp3) is 0.778. The number of rotatable bonds is 2. The second-order valence-electron chi connectivity index (χ2n) is 4.27. The van der Waals surface area contributed by atoms with Gasteiger partial charge in [-0.2, -0.15) is 13.2 Å². The van der Waals surface area contributed by atoms with Crippen molar-refractivity contribution in [3.8, 4) is 0 Å². The van der Waals surface area contributed by atoms with Crippen LogP contribution in [0.3, 0.4) is 0 Å². The molecule has 18 heavy (non-hydrogen) atoms. The summed E-state index contributed by atoms with van der Waals surface area (Å²) < 4.78 is 38.9. The molecule has 102 valence electrons. The number of hydrogen-bond acceptors (Lipinski definition) is 4. The van der Waals surface area contributed by atoms with Gasteiger partial charge in [-0.1, -0.05) is 0 Å². The highest BCUT2D eigenvalue weighted by Crippen LogP contribution is 2.19. The molecule has 0 aliphatic carbocycles. The van der Waals surface area contributed by atoms with Crippen LogP contribution in [0.25, 0.3) is 0 Å². The summed E-state index contributed by atoms with van der Waals surface area (Å²) in [6, 6.07) is 0. The molecule has 1 fully saturated rings. The van der Waals surface area contributed by atoms with Crippen molar-refractivity contribution in [3.63, 3.8) is 0 Å². The molecule has 2 rings (SSSR count). The van der Waals surface area contributed by atoms with E-state index in [2.05, 4.69) is 10.2 Å². The lowest BCUT2D eigenvalue weighted by Crippen LogP contribution is -2.49. The van der Waals surface area contributed by atoms with Crippen LogP contribution in [0.1, 0.15) is 0 Å². The molecule has 1 aliphatic rings. The van der Waals surface area contributed by atoms with E-state index in [9.17, 15) is 13.2 Å². The van der Waals surface area contributed by atoms with Crippen LogP contribution in [-0.4, -0.2) is 58.6 Å². The molecule has 0 radical (unpaired) electrons. The topological polar surface area (TPSA) is 40.1 Å². The van der Waals surface area contributed by atoms with E-state index in [0.717, 1.165) is 0 Å². The van der Waals surface area contributed by atoms with E-state index in [1.807, 2.05) is 4.90 Å². The molecule has 1 saturated heterocycles. The van der Waals surface area contributed by atoms with E-state index in [0.29, 0.717) is 36.9 Å². The quantitative estimate of drug-likeness (QED) is 0.826. The van der Waals surface area contributed by atoms with Gasteiger partial charge in [0, 0.05) is 33.2 Å². The molecule has 1 aromatic rings. The van der Waals surface area contributed by atoms with Gasteiger partial charge in [0.2, 0.25) is 5.95 Å². The van der Waals surface area contributed by atoms with Gasteiger partial charge >= 0.3 is 6.18 Å². The van der Waals surface area contributed by atoms with Crippen LogP contribution < -0.4 is 4.90 Å². The van der Waals surface area contributed by atoms with Gasteiger partial charge in [-0.05, 0) is 12.2 Å². The Morgan fingerprint density at radius 2 is 1.89 bits per heavy atom. The summed E-state index contributed by atoms with van der Waals surface area (Å²) in [7, 11) is 1.78. The summed E-state index contributed by atoms with van der Waals surface area (Å²) in [6.45, 7) is 0.936. The summed E-state index contributed by atoms with van der Waals surface area (Å²) in [6.07, 6.45) is -4.13. The van der Waals surface area contributed by atoms with Crippen molar-refractivity contribution in [1.29, 1.82) is 0 Å². The average molecular weight is 281 g/mol. The largest absolute Gasteiger partial charge is 0.401 e. The number of aromatic amines is 1. The van der Waals surface area contributed by atoms with Gasteiger partial charge in [0.1, 0.15) is 0 Å². The predicted octanol–water partition coefficient (Wildman–Crippen LogP) is 1.16. The minimum absolute atomic E-state index is 0.374. The number of piperazine rings is 1. The number of nitrogens with zero attached hydrogens (tertiary/aromatic N) is 4. The van der Waals surface area contributed by atoms with Crippen molar-refractivity contribution in [2.24, 2.45) is 7.05 Å². The van der Waals surface area contributed by atoms with E-state index in [1.54, 1.807) is 11.6 Å². The van der Waals surface area contributed by atoms with Crippen molar-refractivity contribution in [2.75, 3.05) is 37.6 Å². The molecule has 1 aromatic heterocycles. The zero-order valence-corrected chi connectivity index (χ0v) is 10.7. The Kier molecular flexibility index (Phi) is 3.62. The number of H-pyrrole nitrogens is 1. The first-order valence-corrected chi connectivity index (χ1v) is 5.93. The third-order valence-electron chi connectivity index (χ3n) is 2.91. The smallest absolute Gasteiger partial charge is 0.338 e. The Hall–Kier alpha value is -1.09. The van der Waals surface area contributed by atoms with Gasteiger partial charge in [-0.25, -0.2) is 5.10 Å². The zero-order valence-electron chi connectivity index (χ0n) is 9.87. The van der Waals surface area contributed by atoms with Gasteiger partial charge in [-0.3, -0.25) is 9.47 Å². The van der Waals surface area contributed by atoms with Crippen LogP contribution in [0, 0.1) is 4.77 Å². The highest BCUT2D eigenvalue weighted by Gasteiger charge is 2.32. The average Bonchev–Trinajstić information content (AvgIpc) is 2.59. The van der Waals surface area contributed by atoms with Crippen molar-refractivity contribution >= 4 is 18.2 Å². The van der Waals surface area contributed by atoms with Crippen LogP contribution in [0.2, 0.25) is 0 Å². The summed E-state index contributed by atoms with van der Waals surface area (Å²) in [5.74, 6) is 0.673. The lowest BCUT2D eigenvalue weighted by atomic mass is 10.3. The second-order valence-corrected chi connectivity index (χ2v) is 4.65. The Bertz CT molecular complexity index is 458. The van der Waals surface area contributed by atoms with E-state index >= 15 is 0 Å². The molecule has 9 heteroatoms. The molecule has 0 aromatic carbocycles. The number of aromatic nitrogens is 3. The second kappa shape index (κ2) is 4.88. The third-order valence-corrected chi connectivity index (χ3v) is 3.28. The molecule has 0 saturated carbocycles. The SMILES string of the molecule is Cn1c(N2CCN(CC(F)(F)F)CC2)n[nH]c1=S. The maximum absolute atomic E-state index is 12.2. The lowest BCUT2D eigenvalue weighted by molar-refractivity contribution is -0.146. The molecular weight excluding hydrogens is 267 g/mol. The predicted molar refractivity (Wildman–Crippen MR) is 63.1 cm³/mol. The summed E-state index contributed by atoms with van der Waals surface area (Å²) >= 11 is 5.00. The highest BCUT2D eigenvalue weighted by atomic mass is 32.1. The fourth-order valence-corrected chi connectivity index (χ4v) is 2.11. The highest BCUT2D eigenvalue weighted by molar-refractivity contribution is 7.71. The van der Waals surface area contributed by atoms with Gasteiger partial charge in [0.05, 0.1) is 6.54 Å². The Morgan fingerprint density at radius 3 is 2.33 bits per heavy atom. The van der Waals surface area contributed by atoms with E-state index < -0.39 is 12.7 Å². The maximum atomic E-state index is 12.2. The van der Waals surface area contributed by atoms with Crippen LogP contribution in [-0.2, 0) is 7.05 Å². The number of nitrogens with one attached hydrogen (secondary N) is 1. The van der Waals surface area contributed by atoms with Crippen molar-refractivity contribution < 1.29 is 13.2 Å². The first kappa shape index (κ1) is 13.3. The van der Waals surface area contributed by atoms with Gasteiger partial charge in [0.25, 0.3) is 0 Å². The van der Waals surface area contributed by atoms with Crippen molar-refractivity contribution in [2.45, 2.75) is 6.18 Å². The normalized spacial score (nSPS) is 18.3. The van der Waals surface area contributed by atoms with Crippen LogP contribution >= 0.6 is 12.2 Å². The van der Waals surface area contributed by atoms with E-state index in [1.165, 1.54) is 4.90 Å². The number of hydrogen-bond donors (Lipinski definition) is 1. The number of alkyl halides is 3. The van der Waals surface area contributed by atoms with Crippen LogP contribution in [0.4, 0.5) is 19.1 Å². The number of anilines is 1. The fourth-order valence-electron chi connectivity index (χ4n) is 1.98. The molecular formula is C9H14F3N5S. The Balaban J connectivity index is 1.95. The monoisotopic (exact) mass is 281 g/mol. The summed E-state index contributed by atoms with van der Waals surface area (Å²) in [4.78, 5) is 3.33. The molecule has 1 aliphatic heterocycles. The minimum atomic E-state index is -4.13. The summed E-state index contributed by atoms with van der Waals surface area (Å²) in [5.41, 5.74) is 0. The zero-order chi connectivity index (χ0) is 13.3. The molecule has 1 N–H and O–H groups in total. The molecule has 0 atom stereocenters. The first-order valence-electron chi connectivity index (χ1n) is 5.52. The van der Waals surface area contributed by atoms with E-state index in [-0.39, 0.29) is 0 Å². The number of halogens is 3. The third kappa shape index (κ3) is 3.02. The molecule has 0 spiro atoms. The standard InChI is InChI=1S/C9H14F3N5S/c1-15-7(13-14-8(15)18)17-4-2-16(3-5-17)6-9(10,11)12/h2-6H2,1H3,(H,14,18). The Labute approximate surface area is 107 Å². The molecule has 2 heterocycles. The maximum Gasteiger partial charge on any atom is 0.401 e. The molecule has 0 amide bonds. The van der Waals surface area contributed by atoms with Crippen molar-refractivity contribution in [3.05, 3.63) is 4.77 Å². The van der Waals surface area contributed by atoms with Crippen molar-refractivity contribution in [1.82, 2.24) is 19.7 Å². The molecule has 0 unspecified atom stereocenters.